The highest BCUT2D eigenvalue weighted by Gasteiger charge is 2.17. The molecule has 5 heteroatoms. The van der Waals surface area contributed by atoms with E-state index in [-0.39, 0.29) is 24.5 Å². The maximum atomic E-state index is 12.8. The molecule has 2 N–H and O–H groups in total. The van der Waals surface area contributed by atoms with Gasteiger partial charge in [-0.25, -0.2) is 4.39 Å². The van der Waals surface area contributed by atoms with Crippen molar-refractivity contribution in [1.29, 1.82) is 0 Å². The number of ether oxygens (including phenoxy) is 1. The molecule has 0 saturated carbocycles. The molecule has 0 aromatic heterocycles. The van der Waals surface area contributed by atoms with Gasteiger partial charge in [0, 0.05) is 24.6 Å². The molecule has 1 aromatic rings. The van der Waals surface area contributed by atoms with Crippen LogP contribution in [-0.2, 0) is 4.79 Å². The van der Waals surface area contributed by atoms with Crippen LogP contribution in [0.5, 0.6) is 5.75 Å². The van der Waals surface area contributed by atoms with Crippen molar-refractivity contribution in [2.24, 2.45) is 5.41 Å². The quantitative estimate of drug-likeness (QED) is 0.806. The van der Waals surface area contributed by atoms with E-state index in [2.05, 4.69) is 5.32 Å². The number of hydrogen-bond acceptors (Lipinski definition) is 3. The van der Waals surface area contributed by atoms with Crippen molar-refractivity contribution < 1.29 is 19.0 Å². The van der Waals surface area contributed by atoms with Crippen LogP contribution >= 0.6 is 0 Å². The molecule has 0 saturated heterocycles. The van der Waals surface area contributed by atoms with Crippen LogP contribution in [0.3, 0.4) is 0 Å². The first-order chi connectivity index (χ1) is 8.43. The van der Waals surface area contributed by atoms with Crippen molar-refractivity contribution in [1.82, 2.24) is 5.32 Å². The minimum atomic E-state index is -0.408. The Hall–Kier alpha value is -1.62. The fourth-order valence-electron chi connectivity index (χ4n) is 1.15. The average molecular weight is 255 g/mol. The lowest BCUT2D eigenvalue weighted by molar-refractivity contribution is -0.123. The first-order valence-electron chi connectivity index (χ1n) is 5.69. The highest BCUT2D eigenvalue weighted by Crippen LogP contribution is 2.12. The molecule has 4 nitrogen and oxygen atoms in total. The van der Waals surface area contributed by atoms with Gasteiger partial charge < -0.3 is 15.2 Å². The minimum absolute atomic E-state index is 0.0158. The first-order valence-corrected chi connectivity index (χ1v) is 5.69. The Kier molecular flexibility index (Phi) is 5.09. The Bertz CT molecular complexity index is 407. The molecule has 0 aliphatic rings. The van der Waals surface area contributed by atoms with Crippen LogP contribution in [-0.4, -0.2) is 30.8 Å². The Morgan fingerprint density at radius 3 is 2.83 bits per heavy atom. The summed E-state index contributed by atoms with van der Waals surface area (Å²) in [4.78, 5) is 11.5. The molecule has 0 spiro atoms. The predicted octanol–water partition coefficient (Wildman–Crippen LogP) is 1.34. The van der Waals surface area contributed by atoms with E-state index < -0.39 is 5.82 Å². The smallest absolute Gasteiger partial charge is 0.257 e. The molecule has 0 heterocycles. The molecule has 1 rings (SSSR count). The van der Waals surface area contributed by atoms with Gasteiger partial charge in [-0.05, 0) is 12.1 Å². The normalized spacial score (nSPS) is 11.1. The molecule has 1 amide bonds. The van der Waals surface area contributed by atoms with Crippen LogP contribution in [0.15, 0.2) is 24.3 Å². The van der Waals surface area contributed by atoms with E-state index >= 15 is 0 Å². The van der Waals surface area contributed by atoms with Crippen molar-refractivity contribution in [2.45, 2.75) is 13.8 Å². The number of hydrogen-bond donors (Lipinski definition) is 2. The molecule has 0 bridgehead atoms. The van der Waals surface area contributed by atoms with E-state index in [0.717, 1.165) is 0 Å². The van der Waals surface area contributed by atoms with Crippen LogP contribution in [0.1, 0.15) is 13.8 Å². The van der Waals surface area contributed by atoms with Gasteiger partial charge in [-0.1, -0.05) is 19.9 Å². The van der Waals surface area contributed by atoms with Gasteiger partial charge in [0.25, 0.3) is 5.91 Å². The number of amides is 1. The molecule has 0 aliphatic carbocycles. The van der Waals surface area contributed by atoms with Gasteiger partial charge in [0.15, 0.2) is 6.61 Å². The van der Waals surface area contributed by atoms with Gasteiger partial charge in [-0.2, -0.15) is 0 Å². The zero-order chi connectivity index (χ0) is 13.6. The van der Waals surface area contributed by atoms with Crippen molar-refractivity contribution in [3.63, 3.8) is 0 Å². The molecule has 100 valence electrons. The molecule has 0 fully saturated rings. The minimum Gasteiger partial charge on any atom is -0.484 e. The molecule has 0 radical (unpaired) electrons. The molecule has 0 unspecified atom stereocenters. The molecular weight excluding hydrogens is 237 g/mol. The molecule has 1 aromatic carbocycles. The summed E-state index contributed by atoms with van der Waals surface area (Å²) in [6.07, 6.45) is 0. The van der Waals surface area contributed by atoms with Crippen LogP contribution < -0.4 is 10.1 Å². The van der Waals surface area contributed by atoms with Gasteiger partial charge >= 0.3 is 0 Å². The van der Waals surface area contributed by atoms with Gasteiger partial charge in [0.1, 0.15) is 11.6 Å². The monoisotopic (exact) mass is 255 g/mol. The van der Waals surface area contributed by atoms with Crippen molar-refractivity contribution in [3.05, 3.63) is 30.1 Å². The number of rotatable bonds is 6. The van der Waals surface area contributed by atoms with E-state index in [1.54, 1.807) is 6.07 Å². The number of carbonyl (C=O) groups is 1. The summed E-state index contributed by atoms with van der Waals surface area (Å²) in [5.41, 5.74) is -0.367. The number of benzene rings is 1. The summed E-state index contributed by atoms with van der Waals surface area (Å²) in [5.74, 6) is -0.401. The van der Waals surface area contributed by atoms with Crippen LogP contribution in [0.4, 0.5) is 4.39 Å². The highest BCUT2D eigenvalue weighted by molar-refractivity contribution is 5.77. The zero-order valence-electron chi connectivity index (χ0n) is 10.6. The fraction of sp³-hybridized carbons (Fsp3) is 0.462. The lowest BCUT2D eigenvalue weighted by Gasteiger charge is -2.21. The van der Waals surface area contributed by atoms with E-state index in [1.165, 1.54) is 18.2 Å². The Morgan fingerprint density at radius 1 is 1.50 bits per heavy atom. The maximum Gasteiger partial charge on any atom is 0.257 e. The molecule has 0 atom stereocenters. The SMILES string of the molecule is CC(C)(CO)CNC(=O)COc1cccc(F)c1. The van der Waals surface area contributed by atoms with Crippen molar-refractivity contribution in [3.8, 4) is 5.75 Å². The fourth-order valence-corrected chi connectivity index (χ4v) is 1.15. The first kappa shape index (κ1) is 14.4. The number of aliphatic hydroxyl groups is 1. The topological polar surface area (TPSA) is 58.6 Å². The second-order valence-electron chi connectivity index (χ2n) is 4.85. The van der Waals surface area contributed by atoms with Crippen LogP contribution in [0.2, 0.25) is 0 Å². The number of nitrogens with one attached hydrogen (secondary N) is 1. The molecule has 0 aliphatic heterocycles. The summed E-state index contributed by atoms with van der Waals surface area (Å²) >= 11 is 0. The van der Waals surface area contributed by atoms with Crippen LogP contribution in [0, 0.1) is 11.2 Å². The third kappa shape index (κ3) is 5.14. The average Bonchev–Trinajstić information content (AvgIpc) is 2.34. The third-order valence-electron chi connectivity index (χ3n) is 2.36. The number of aliphatic hydroxyl groups excluding tert-OH is 1. The standard InChI is InChI=1S/C13H18FNO3/c1-13(2,9-16)8-15-12(17)7-18-11-5-3-4-10(14)6-11/h3-6,16H,7-9H2,1-2H3,(H,15,17). The van der Waals surface area contributed by atoms with Crippen molar-refractivity contribution >= 4 is 5.91 Å². The Balaban J connectivity index is 2.34. The largest absolute Gasteiger partial charge is 0.484 e. The third-order valence-corrected chi connectivity index (χ3v) is 2.36. The summed E-state index contributed by atoms with van der Waals surface area (Å²) in [7, 11) is 0. The predicted molar refractivity (Wildman–Crippen MR) is 65.8 cm³/mol. The second kappa shape index (κ2) is 6.35. The summed E-state index contributed by atoms with van der Waals surface area (Å²) in [6, 6.07) is 5.60. The zero-order valence-corrected chi connectivity index (χ0v) is 10.6. The van der Waals surface area contributed by atoms with E-state index in [9.17, 15) is 9.18 Å². The highest BCUT2D eigenvalue weighted by atomic mass is 19.1. The summed E-state index contributed by atoms with van der Waals surface area (Å²) in [6.45, 7) is 3.83. The second-order valence-corrected chi connectivity index (χ2v) is 4.85. The van der Waals surface area contributed by atoms with Gasteiger partial charge in [-0.15, -0.1) is 0 Å². The van der Waals surface area contributed by atoms with Gasteiger partial charge in [0.05, 0.1) is 0 Å². The lowest BCUT2D eigenvalue weighted by atomic mass is 9.95. The summed E-state index contributed by atoms with van der Waals surface area (Å²) in [5, 5.41) is 11.7. The van der Waals surface area contributed by atoms with Crippen LogP contribution in [0.25, 0.3) is 0 Å². The molecular formula is C13H18FNO3. The number of halogens is 1. The van der Waals surface area contributed by atoms with Gasteiger partial charge in [0.2, 0.25) is 0 Å². The van der Waals surface area contributed by atoms with E-state index in [0.29, 0.717) is 12.3 Å². The Labute approximate surface area is 106 Å². The Morgan fingerprint density at radius 2 is 2.22 bits per heavy atom. The number of carbonyl (C=O) groups excluding carboxylic acids is 1. The van der Waals surface area contributed by atoms with E-state index in [4.69, 9.17) is 9.84 Å². The van der Waals surface area contributed by atoms with Gasteiger partial charge in [-0.3, -0.25) is 4.79 Å². The summed E-state index contributed by atoms with van der Waals surface area (Å²) < 4.78 is 18.0. The van der Waals surface area contributed by atoms with E-state index in [1.807, 2.05) is 13.8 Å². The lowest BCUT2D eigenvalue weighted by Crippen LogP contribution is -2.38. The maximum absolute atomic E-state index is 12.8. The molecule has 18 heavy (non-hydrogen) atoms. The van der Waals surface area contributed by atoms with Crippen molar-refractivity contribution in [2.75, 3.05) is 19.8 Å².